The average molecular weight is 871 g/mol. The second-order valence-corrected chi connectivity index (χ2v) is 17.3. The molecule has 9 nitrogen and oxygen atoms in total. The average Bonchev–Trinajstić information content (AvgIpc) is 3.65. The zero-order valence-corrected chi connectivity index (χ0v) is 38.5. The first-order valence-electron chi connectivity index (χ1n) is 21.4. The predicted octanol–water partition coefficient (Wildman–Crippen LogP) is 4.55. The fraction of sp³-hybridized carbons (Fsp3) is 0.136. The van der Waals surface area contributed by atoms with Gasteiger partial charge in [0.1, 0.15) is 11.5 Å². The van der Waals surface area contributed by atoms with Crippen molar-refractivity contribution in [1.82, 2.24) is 39.9 Å². The van der Waals surface area contributed by atoms with E-state index in [4.69, 9.17) is 91.0 Å². The van der Waals surface area contributed by atoms with Gasteiger partial charge in [-0.05, 0) is 75.8 Å². The minimum atomic E-state index is -0.487. The first-order chi connectivity index (χ1) is 31.7. The van der Waals surface area contributed by atoms with Gasteiger partial charge in [0.2, 0.25) is 0 Å². The van der Waals surface area contributed by atoms with Crippen LogP contribution >= 0.6 is 0 Å². The standard InChI is InChI=1S/C44H24B12N8O.Zn/c45-51-41-43(53-47,55(41)49)19-21-15-22(20-44(54-48)42(52-46)56(44)50)17-24(16-21)65-23-13-14-31-32(18-23)40-63-38-30-12-6-5-11-29(30)36(61-38)59-34-26-8-2-1-7-25(26)33(57-34)58-35-27-9-3-4-10-28(27)37(60-35)62-39(31)64-40;/h1-18,41-42H,19-20H2;/q-2;+2/i51-1,52-1,53-1,54-1,55-1,56-1;. The van der Waals surface area contributed by atoms with Crippen molar-refractivity contribution in [3.8, 4) is 57.1 Å². The summed E-state index contributed by atoms with van der Waals surface area (Å²) in [5.41, 5.74) is 6.96. The Morgan fingerprint density at radius 2 is 0.894 bits per heavy atom. The van der Waals surface area contributed by atoms with Crippen LogP contribution in [0.15, 0.2) is 109 Å². The van der Waals surface area contributed by atoms with Crippen LogP contribution in [0.3, 0.4) is 0 Å². The molecule has 2 fully saturated rings. The van der Waals surface area contributed by atoms with Crippen LogP contribution < -0.4 is 14.7 Å². The molecule has 22 heteroatoms. The van der Waals surface area contributed by atoms with Gasteiger partial charge in [-0.3, -0.25) is 0 Å². The van der Waals surface area contributed by atoms with Gasteiger partial charge in [0.25, 0.3) is 0 Å². The molecule has 0 N–H and O–H groups in total. The van der Waals surface area contributed by atoms with Gasteiger partial charge in [0, 0.05) is 106 Å². The summed E-state index contributed by atoms with van der Waals surface area (Å²) >= 11 is 0. The summed E-state index contributed by atoms with van der Waals surface area (Å²) in [7, 11) is 44.2. The maximum absolute atomic E-state index is 6.76. The van der Waals surface area contributed by atoms with Gasteiger partial charge in [0.05, 0.1) is 39.2 Å². The molecule has 66 heavy (non-hydrogen) atoms. The molecule has 284 valence electrons. The minimum absolute atomic E-state index is 0. The number of aromatic nitrogens is 8. The van der Waals surface area contributed by atoms with E-state index in [1.54, 1.807) is 28.7 Å². The molecule has 0 amide bonds. The summed E-state index contributed by atoms with van der Waals surface area (Å²) in [5.74, 6) is 3.11. The molecular weight excluding hydrogens is 847 g/mol. The molecule has 3 aromatic heterocycles. The fourth-order valence-electron chi connectivity index (χ4n) is 10.1. The number of fused-ring (bicyclic) bond motifs is 20. The summed E-state index contributed by atoms with van der Waals surface area (Å²) in [4.78, 5) is 40.3. The molecule has 8 bridgehead atoms. The monoisotopic (exact) mass is 870 g/mol. The number of benzene rings is 5. The van der Waals surface area contributed by atoms with Crippen molar-refractivity contribution in [3.63, 3.8) is 0 Å². The van der Waals surface area contributed by atoms with E-state index in [1.165, 1.54) is 0 Å². The van der Waals surface area contributed by atoms with Crippen LogP contribution in [0.5, 0.6) is 11.5 Å². The van der Waals surface area contributed by atoms with Crippen molar-refractivity contribution < 1.29 is 24.2 Å². The van der Waals surface area contributed by atoms with E-state index in [0.717, 1.165) is 49.5 Å². The van der Waals surface area contributed by atoms with E-state index < -0.39 is 10.4 Å². The normalized spacial score (nSPS) is 19.9. The van der Waals surface area contributed by atoms with Crippen LogP contribution in [0.1, 0.15) is 11.1 Å². The maximum atomic E-state index is 6.76. The Morgan fingerprint density at radius 3 is 1.33 bits per heavy atom. The number of ether oxygens (including phenoxy) is 1. The van der Waals surface area contributed by atoms with Crippen molar-refractivity contribution >= 4 is 132 Å². The van der Waals surface area contributed by atoms with Gasteiger partial charge in [-0.2, -0.15) is 0 Å². The molecule has 8 aromatic rings. The molecule has 16 radical (unpaired) electrons. The van der Waals surface area contributed by atoms with Crippen LogP contribution in [0.25, 0.3) is 89.7 Å². The second kappa shape index (κ2) is 16.5. The molecule has 4 atom stereocenters. The van der Waals surface area contributed by atoms with Crippen LogP contribution in [0.2, 0.25) is 21.9 Å². The van der Waals surface area contributed by atoms with Crippen molar-refractivity contribution in [2.45, 2.75) is 34.7 Å². The van der Waals surface area contributed by atoms with Gasteiger partial charge < -0.3 is 29.7 Å². The molecule has 0 saturated carbocycles. The van der Waals surface area contributed by atoms with Gasteiger partial charge in [0.15, 0.2) is 11.6 Å². The third kappa shape index (κ3) is 6.86. The van der Waals surface area contributed by atoms with Crippen molar-refractivity contribution in [1.29, 1.82) is 0 Å². The Kier molecular flexibility index (Phi) is 10.8. The fourth-order valence-corrected chi connectivity index (χ4v) is 10.1. The molecule has 4 aliphatic heterocycles. The maximum Gasteiger partial charge on any atom is 2.00 e. The van der Waals surface area contributed by atoms with Gasteiger partial charge in [-0.25, -0.2) is 15.0 Å². The Balaban J connectivity index is 0.00000481. The molecular formula is C44H24B12N8OZn. The number of rotatable bonds is 10. The third-order valence-corrected chi connectivity index (χ3v) is 13.7. The largest absolute Gasteiger partial charge is 2.00 e. The summed E-state index contributed by atoms with van der Waals surface area (Å²) in [6.45, 7) is -0.408. The number of nitrogens with zero attached hydrogens (tertiary/aromatic N) is 8. The summed E-state index contributed by atoms with van der Waals surface area (Å²) in [6, 6.07) is 35.5. The van der Waals surface area contributed by atoms with E-state index in [1.807, 2.05) is 103 Å². The van der Waals surface area contributed by atoms with Gasteiger partial charge in [-0.1, -0.05) is 78.9 Å². The SMILES string of the molecule is [B][10B]C1[10B]([B])C1([10B][B])Cc1cc(CC2([10B][B])[10B]([B])C2[10B][B])cc(Oc2ccc3c4nc5nc(nc6nc(nc7[n-]c(nc([n-]4)c3c2)c2ccccc72)-c2ccccc2-6)-c2ccccc2-5)c1.[Zn+2]. The molecule has 4 aliphatic rings. The quantitative estimate of drug-likeness (QED) is 0.183. The van der Waals surface area contributed by atoms with Crippen molar-refractivity contribution in [2.75, 3.05) is 0 Å². The first kappa shape index (κ1) is 43.2. The van der Waals surface area contributed by atoms with Gasteiger partial charge >= 0.3 is 19.5 Å². The molecule has 5 aromatic carbocycles. The molecule has 0 spiro atoms. The van der Waals surface area contributed by atoms with E-state index in [2.05, 4.69) is 6.07 Å². The summed E-state index contributed by atoms with van der Waals surface area (Å²) in [6.07, 6.45) is 1.11. The Labute approximate surface area is 406 Å². The van der Waals surface area contributed by atoms with Crippen molar-refractivity contribution in [2.24, 2.45) is 0 Å². The predicted molar refractivity (Wildman–Crippen MR) is 270 cm³/mol. The third-order valence-electron chi connectivity index (χ3n) is 13.7. The Morgan fingerprint density at radius 1 is 0.485 bits per heavy atom. The number of hydrogen-bond acceptors (Lipinski definition) is 7. The Bertz CT molecular complexity index is 3400. The smallest absolute Gasteiger partial charge is 0.457 e. The minimum Gasteiger partial charge on any atom is -0.457 e. The number of hydrogen-bond donors (Lipinski definition) is 0. The van der Waals surface area contributed by atoms with Crippen molar-refractivity contribution in [3.05, 3.63) is 120 Å². The van der Waals surface area contributed by atoms with E-state index >= 15 is 0 Å². The summed E-state index contributed by atoms with van der Waals surface area (Å²) < 4.78 is 6.76. The Hall–Kier alpha value is -5.34. The molecule has 12 rings (SSSR count). The topological polar surface area (TPSA) is 115 Å². The van der Waals surface area contributed by atoms with Crippen LogP contribution in [0, 0.1) is 0 Å². The van der Waals surface area contributed by atoms with E-state index in [0.29, 0.717) is 75.6 Å². The van der Waals surface area contributed by atoms with Crippen LogP contribution in [-0.2, 0) is 32.3 Å². The zero-order valence-electron chi connectivity index (χ0n) is 35.6. The summed E-state index contributed by atoms with van der Waals surface area (Å²) in [5, 5.41) is 2.10. The van der Waals surface area contributed by atoms with Gasteiger partial charge in [-0.15, -0.1) is 21.9 Å². The van der Waals surface area contributed by atoms with E-state index in [9.17, 15) is 0 Å². The van der Waals surface area contributed by atoms with E-state index in [-0.39, 0.29) is 44.1 Å². The first-order valence-corrected chi connectivity index (χ1v) is 21.4. The molecule has 0 aliphatic carbocycles. The molecule has 4 unspecified atom stereocenters. The molecule has 7 heterocycles. The zero-order chi connectivity index (χ0) is 44.2. The molecule has 2 saturated heterocycles. The van der Waals surface area contributed by atoms with Crippen LogP contribution in [-0.4, -0.2) is 118 Å². The van der Waals surface area contributed by atoms with Crippen LogP contribution in [0.4, 0.5) is 0 Å². The second-order valence-electron chi connectivity index (χ2n) is 17.3.